The first kappa shape index (κ1) is 52.1. The zero-order valence-corrected chi connectivity index (χ0v) is 43.1. The van der Waals surface area contributed by atoms with Gasteiger partial charge in [0, 0.05) is 5.02 Å². The van der Waals surface area contributed by atoms with Crippen LogP contribution in [0.25, 0.3) is 22.3 Å². The van der Waals surface area contributed by atoms with Crippen molar-refractivity contribution in [2.75, 3.05) is 0 Å². The molecule has 3 heterocycles. The molecule has 0 aromatic heterocycles. The van der Waals surface area contributed by atoms with E-state index in [4.69, 9.17) is 39.5 Å². The highest BCUT2D eigenvalue weighted by molar-refractivity contribution is 7.11. The van der Waals surface area contributed by atoms with E-state index in [1.807, 2.05) is 61.5 Å². The lowest BCUT2D eigenvalue weighted by Gasteiger charge is -2.32. The summed E-state index contributed by atoms with van der Waals surface area (Å²) in [6, 6.07) is 30.8. The first-order valence-corrected chi connectivity index (χ1v) is 24.4. The molecule has 0 saturated carbocycles. The fraction of sp³-hybridized carbons (Fsp3) is 0.556. The van der Waals surface area contributed by atoms with E-state index in [0.29, 0.717) is 0 Å². The zero-order valence-electron chi connectivity index (χ0n) is 42.3. The molecule has 3 fully saturated rings. The lowest BCUT2D eigenvalue weighted by molar-refractivity contribution is 0.00578. The molecule has 7 rings (SSSR count). The van der Waals surface area contributed by atoms with Gasteiger partial charge >= 0.3 is 21.1 Å². The summed E-state index contributed by atoms with van der Waals surface area (Å²) in [5, 5.41) is 0.820. The Bertz CT molecular complexity index is 2050. The largest absolute Gasteiger partial charge is 0.494 e. The van der Waals surface area contributed by atoms with Gasteiger partial charge in [0.2, 0.25) is 0 Å². The van der Waals surface area contributed by atoms with Crippen molar-refractivity contribution in [1.82, 2.24) is 0 Å². The van der Waals surface area contributed by atoms with Gasteiger partial charge in [0.15, 0.2) is 0 Å². The third-order valence-corrected chi connectivity index (χ3v) is 14.7. The average Bonchev–Trinajstić information content (AvgIpc) is 3.72. The molecule has 0 unspecified atom stereocenters. The lowest BCUT2D eigenvalue weighted by atomic mass is 9.49. The molecular weight excluding hydrogens is 812 g/mol. The Morgan fingerprint density at radius 1 is 0.422 bits per heavy atom. The summed E-state index contributed by atoms with van der Waals surface area (Å²) in [6.07, 6.45) is 9.34. The molecule has 0 amide bonds. The minimum atomic E-state index is -0.476. The summed E-state index contributed by atoms with van der Waals surface area (Å²) >= 11 is 6.07. The van der Waals surface area contributed by atoms with E-state index < -0.39 is 14.0 Å². The summed E-state index contributed by atoms with van der Waals surface area (Å²) in [5.74, 6) is 0. The molecule has 4 aromatic rings. The highest BCUT2D eigenvalue weighted by atomic mass is 35.5. The first-order chi connectivity index (χ1) is 29.9. The van der Waals surface area contributed by atoms with Crippen molar-refractivity contribution in [2.45, 2.75) is 196 Å². The fourth-order valence-electron chi connectivity index (χ4n) is 7.91. The van der Waals surface area contributed by atoms with Crippen LogP contribution in [-0.2, 0) is 53.6 Å². The molecule has 4 aromatic carbocycles. The molecular formula is C54H78B3ClO6. The Balaban J connectivity index is 0.000000186. The van der Waals surface area contributed by atoms with Gasteiger partial charge in [-0.05, 0) is 184 Å². The highest BCUT2D eigenvalue weighted by Gasteiger charge is 2.63. The molecule has 0 bridgehead atoms. The average molecular weight is 891 g/mol. The van der Waals surface area contributed by atoms with Gasteiger partial charge in [-0.15, -0.1) is 0 Å². The minimum absolute atomic E-state index is 0.300. The number of benzene rings is 4. The van der Waals surface area contributed by atoms with Gasteiger partial charge in [-0.3, -0.25) is 0 Å². The van der Waals surface area contributed by atoms with Gasteiger partial charge in [0.05, 0.1) is 33.6 Å². The van der Waals surface area contributed by atoms with E-state index in [2.05, 4.69) is 134 Å². The molecule has 0 aliphatic carbocycles. The van der Waals surface area contributed by atoms with Crippen LogP contribution in [0.15, 0.2) is 84.9 Å². The SMILES string of the molecule is CC1(C)OB(B2OC(C)(C)C(C)(C)O2)OC1(C)C.CCCCc1ccc(-c2ccc(B3OC(C)(C)C(C)(C)O3)cc2CC)cc1.CCCCc1ccc(-c2ccc(Cl)cc2CC)cc1. The smallest absolute Gasteiger partial charge is 0.405 e. The van der Waals surface area contributed by atoms with Crippen molar-refractivity contribution in [2.24, 2.45) is 0 Å². The Hall–Kier alpha value is -2.88. The van der Waals surface area contributed by atoms with Gasteiger partial charge in [-0.2, -0.15) is 0 Å². The maximum Gasteiger partial charge on any atom is 0.494 e. The maximum atomic E-state index is 6.23. The quantitative estimate of drug-likeness (QED) is 0.132. The standard InChI is InChI=1S/C24H33BO2.C18H21Cl.C12H24B2O4/c1-7-9-10-18-11-13-20(14-12-18)22-16-15-21(17-19(22)8-2)25-26-23(3,4)24(5,6)27-25;1-3-5-6-14-7-9-16(10-8-14)18-12-11-17(19)13-15(18)4-2;1-9(2)10(3,4)16-13(15-9)14-17-11(5,6)12(7,8)18-14/h11-17H,7-10H2,1-6H3;7-13H,3-6H2,1-2H3;1-8H3. The molecule has 64 heavy (non-hydrogen) atoms. The fourth-order valence-corrected chi connectivity index (χ4v) is 8.11. The predicted octanol–water partition coefficient (Wildman–Crippen LogP) is 13.7. The Morgan fingerprint density at radius 2 is 0.766 bits per heavy atom. The predicted molar refractivity (Wildman–Crippen MR) is 273 cm³/mol. The van der Waals surface area contributed by atoms with Crippen molar-refractivity contribution < 1.29 is 27.9 Å². The number of hydrogen-bond acceptors (Lipinski definition) is 6. The van der Waals surface area contributed by atoms with Gasteiger partial charge in [0.1, 0.15) is 0 Å². The molecule has 0 radical (unpaired) electrons. The van der Waals surface area contributed by atoms with Crippen LogP contribution in [0.2, 0.25) is 5.02 Å². The van der Waals surface area contributed by atoms with E-state index in [1.54, 1.807) is 0 Å². The highest BCUT2D eigenvalue weighted by Crippen LogP contribution is 2.43. The molecule has 3 aliphatic heterocycles. The third kappa shape index (κ3) is 12.2. The summed E-state index contributed by atoms with van der Waals surface area (Å²) in [5.41, 5.74) is 9.73. The molecule has 10 heteroatoms. The molecule has 346 valence electrons. The van der Waals surface area contributed by atoms with Crippen molar-refractivity contribution in [3.05, 3.63) is 112 Å². The van der Waals surface area contributed by atoms with Crippen molar-refractivity contribution in [3.63, 3.8) is 0 Å². The number of hydrogen-bond donors (Lipinski definition) is 0. The second-order valence-electron chi connectivity index (χ2n) is 20.9. The van der Waals surface area contributed by atoms with Gasteiger partial charge < -0.3 is 27.9 Å². The summed E-state index contributed by atoms with van der Waals surface area (Å²) < 4.78 is 36.3. The molecule has 0 atom stereocenters. The van der Waals surface area contributed by atoms with Crippen molar-refractivity contribution >= 4 is 38.2 Å². The van der Waals surface area contributed by atoms with Crippen LogP contribution in [0.5, 0.6) is 0 Å². The van der Waals surface area contributed by atoms with Crippen LogP contribution in [0, 0.1) is 0 Å². The Labute approximate surface area is 394 Å². The summed E-state index contributed by atoms with van der Waals surface area (Å²) in [7, 11) is -1.25. The minimum Gasteiger partial charge on any atom is -0.405 e. The van der Waals surface area contributed by atoms with E-state index in [9.17, 15) is 0 Å². The molecule has 0 spiro atoms. The second kappa shape index (κ2) is 21.0. The second-order valence-corrected chi connectivity index (χ2v) is 21.3. The maximum absolute atomic E-state index is 6.23. The zero-order chi connectivity index (χ0) is 47.3. The Morgan fingerprint density at radius 3 is 1.12 bits per heavy atom. The van der Waals surface area contributed by atoms with E-state index in [0.717, 1.165) is 29.7 Å². The molecule has 6 nitrogen and oxygen atoms in total. The number of rotatable bonds is 12. The van der Waals surface area contributed by atoms with Gasteiger partial charge in [0.25, 0.3) is 0 Å². The van der Waals surface area contributed by atoms with E-state index in [-0.39, 0.29) is 40.7 Å². The summed E-state index contributed by atoms with van der Waals surface area (Å²) in [6.45, 7) is 33.5. The van der Waals surface area contributed by atoms with Crippen LogP contribution in [-0.4, -0.2) is 54.7 Å². The topological polar surface area (TPSA) is 55.4 Å². The lowest BCUT2D eigenvalue weighted by Crippen LogP contribution is -2.41. The van der Waals surface area contributed by atoms with Crippen LogP contribution < -0.4 is 5.46 Å². The van der Waals surface area contributed by atoms with Crippen LogP contribution >= 0.6 is 11.6 Å². The van der Waals surface area contributed by atoms with Crippen LogP contribution in [0.1, 0.15) is 159 Å². The third-order valence-electron chi connectivity index (χ3n) is 14.4. The Kier molecular flexibility index (Phi) is 17.1. The van der Waals surface area contributed by atoms with Crippen LogP contribution in [0.3, 0.4) is 0 Å². The van der Waals surface area contributed by atoms with Crippen molar-refractivity contribution in [1.29, 1.82) is 0 Å². The van der Waals surface area contributed by atoms with Gasteiger partial charge in [-0.25, -0.2) is 0 Å². The number of aryl methyl sites for hydroxylation is 4. The van der Waals surface area contributed by atoms with Crippen LogP contribution in [0.4, 0.5) is 0 Å². The van der Waals surface area contributed by atoms with Crippen molar-refractivity contribution in [3.8, 4) is 22.3 Å². The van der Waals surface area contributed by atoms with E-state index >= 15 is 0 Å². The normalized spacial score (nSPS) is 19.8. The van der Waals surface area contributed by atoms with E-state index in [1.165, 1.54) is 76.6 Å². The summed E-state index contributed by atoms with van der Waals surface area (Å²) in [4.78, 5) is 0. The monoisotopic (exact) mass is 891 g/mol. The molecule has 3 aliphatic rings. The number of unbranched alkanes of at least 4 members (excludes halogenated alkanes) is 2. The first-order valence-electron chi connectivity index (χ1n) is 24.1. The molecule has 3 saturated heterocycles. The number of halogens is 1. The van der Waals surface area contributed by atoms with Gasteiger partial charge in [-0.1, -0.05) is 125 Å². The molecule has 0 N–H and O–H groups in total.